The van der Waals surface area contributed by atoms with Crippen molar-refractivity contribution in [1.29, 1.82) is 0 Å². The van der Waals surface area contributed by atoms with Gasteiger partial charge in [-0.2, -0.15) is 8.78 Å². The molecule has 1 saturated carbocycles. The van der Waals surface area contributed by atoms with E-state index in [-0.39, 0.29) is 31.9 Å². The summed E-state index contributed by atoms with van der Waals surface area (Å²) in [5.74, 6) is -4.11. The first kappa shape index (κ1) is 31.7. The Morgan fingerprint density at radius 1 is 1.07 bits per heavy atom. The molecule has 1 aliphatic rings. The van der Waals surface area contributed by atoms with Gasteiger partial charge in [0, 0.05) is 25.3 Å². The number of hydrogen-bond acceptors (Lipinski definition) is 7. The second kappa shape index (κ2) is 15.8. The number of unbranched alkanes of at least 4 members (excludes halogenated alkanes) is 1. The number of rotatable bonds is 16. The Bertz CT molecular complexity index is 1180. The maximum absolute atomic E-state index is 14.4. The Balaban J connectivity index is 1.40. The van der Waals surface area contributed by atoms with Gasteiger partial charge in [0.05, 0.1) is 12.2 Å². The van der Waals surface area contributed by atoms with Gasteiger partial charge < -0.3 is 25.1 Å². The largest absolute Gasteiger partial charge is 0.487 e. The summed E-state index contributed by atoms with van der Waals surface area (Å²) in [5.41, 5.74) is 1.34. The average Bonchev–Trinajstić information content (AvgIpc) is 3.22. The minimum atomic E-state index is -3.24. The molecule has 9 nitrogen and oxygen atoms in total. The Kier molecular flexibility index (Phi) is 12.2. The van der Waals surface area contributed by atoms with Gasteiger partial charge in [-0.3, -0.25) is 4.79 Å². The van der Waals surface area contributed by atoms with E-state index in [1.54, 1.807) is 54.6 Å². The van der Waals surface area contributed by atoms with Crippen LogP contribution in [0.5, 0.6) is 5.75 Å². The number of amides is 1. The first-order valence-corrected chi connectivity index (χ1v) is 13.5. The lowest BCUT2D eigenvalue weighted by Crippen LogP contribution is -2.25. The van der Waals surface area contributed by atoms with Gasteiger partial charge in [0.15, 0.2) is 6.61 Å². The van der Waals surface area contributed by atoms with E-state index >= 15 is 0 Å². The molecule has 0 aromatic heterocycles. The van der Waals surface area contributed by atoms with E-state index in [1.165, 1.54) is 6.08 Å². The number of benzene rings is 2. The minimum Gasteiger partial charge on any atom is -0.487 e. The average molecular weight is 575 g/mol. The predicted octanol–water partition coefficient (Wildman–Crippen LogP) is 4.76. The van der Waals surface area contributed by atoms with Crippen molar-refractivity contribution in [3.8, 4) is 5.75 Å². The molecule has 2 aromatic rings. The van der Waals surface area contributed by atoms with Crippen molar-refractivity contribution in [2.24, 2.45) is 11.8 Å². The number of para-hydroxylation sites is 1. The number of nitrogens with zero attached hydrogens (tertiary/aromatic N) is 1. The number of hydrogen-bond donors (Lipinski definition) is 3. The van der Waals surface area contributed by atoms with Crippen LogP contribution in [-0.2, 0) is 22.8 Å². The first-order valence-electron chi connectivity index (χ1n) is 13.5. The Hall–Kier alpha value is -3.83. The van der Waals surface area contributed by atoms with Crippen molar-refractivity contribution in [1.82, 2.24) is 5.32 Å². The second-order valence-corrected chi connectivity index (χ2v) is 9.98. The molecule has 222 valence electrons. The normalized spacial score (nSPS) is 20.9. The summed E-state index contributed by atoms with van der Waals surface area (Å²) in [7, 11) is 0. The highest BCUT2D eigenvalue weighted by Gasteiger charge is 2.40. The molecular weight excluding hydrogens is 538 g/mol. The fourth-order valence-corrected chi connectivity index (χ4v) is 4.73. The standard InChI is InChI=1S/C30H36F2N2O7/c31-30(32,21-40-24-12-4-3-5-13-24)17-16-26-25(27(35)18-28(26)36)14-6-1-2-7-15-29(37)33-19-22-10-8-9-11-23(22)20-41-34(38)39/h1,3-6,8-13,16-17,25-28,35-36H,2,7,14-15,18-21H2,(H,33,37)/b6-1-,17-16+/t25-,26-,27+,28-/m1/s1. The third-order valence-corrected chi connectivity index (χ3v) is 6.92. The SMILES string of the molecule is O=C(CCC/C=C\C[C@@H]1[C@@H](/C=C/C(F)(F)COc2ccccc2)[C@H](O)C[C@@H]1O)NCc1ccccc1CO[N+](=O)[O-]. The summed E-state index contributed by atoms with van der Waals surface area (Å²) < 4.78 is 33.9. The molecule has 2 aromatic carbocycles. The van der Waals surface area contributed by atoms with Crippen LogP contribution in [0.1, 0.15) is 43.2 Å². The van der Waals surface area contributed by atoms with E-state index in [1.807, 2.05) is 12.2 Å². The third kappa shape index (κ3) is 10.9. The van der Waals surface area contributed by atoms with Gasteiger partial charge in [0.2, 0.25) is 5.91 Å². The minimum absolute atomic E-state index is 0.112. The maximum atomic E-state index is 14.4. The number of aliphatic hydroxyl groups is 2. The van der Waals surface area contributed by atoms with Crippen LogP contribution in [0.4, 0.5) is 8.78 Å². The van der Waals surface area contributed by atoms with E-state index in [9.17, 15) is 33.9 Å². The van der Waals surface area contributed by atoms with Crippen LogP contribution in [0.3, 0.4) is 0 Å². The Morgan fingerprint density at radius 2 is 1.78 bits per heavy atom. The van der Waals surface area contributed by atoms with Crippen LogP contribution in [0.15, 0.2) is 78.9 Å². The molecule has 1 fully saturated rings. The van der Waals surface area contributed by atoms with Gasteiger partial charge in [0.25, 0.3) is 11.0 Å². The van der Waals surface area contributed by atoms with Crippen molar-refractivity contribution in [3.63, 3.8) is 0 Å². The molecule has 0 aliphatic heterocycles. The number of halogens is 2. The van der Waals surface area contributed by atoms with Gasteiger partial charge in [-0.15, -0.1) is 10.1 Å². The van der Waals surface area contributed by atoms with Crippen LogP contribution >= 0.6 is 0 Å². The third-order valence-electron chi connectivity index (χ3n) is 6.92. The Morgan fingerprint density at radius 3 is 2.51 bits per heavy atom. The number of nitrogens with one attached hydrogen (secondary N) is 1. The fraction of sp³-hybridized carbons (Fsp3) is 0.433. The summed E-state index contributed by atoms with van der Waals surface area (Å²) in [5, 5.41) is 33.1. The summed E-state index contributed by atoms with van der Waals surface area (Å²) in [6, 6.07) is 15.3. The molecule has 3 rings (SSSR count). The van der Waals surface area contributed by atoms with E-state index in [0.29, 0.717) is 30.6 Å². The fourth-order valence-electron chi connectivity index (χ4n) is 4.73. The molecule has 11 heteroatoms. The van der Waals surface area contributed by atoms with E-state index < -0.39 is 41.7 Å². The lowest BCUT2D eigenvalue weighted by molar-refractivity contribution is -0.763. The number of ether oxygens (including phenoxy) is 1. The first-order chi connectivity index (χ1) is 19.6. The monoisotopic (exact) mass is 574 g/mol. The van der Waals surface area contributed by atoms with Crippen LogP contribution in [0, 0.1) is 22.0 Å². The van der Waals surface area contributed by atoms with Crippen LogP contribution in [0.25, 0.3) is 0 Å². The van der Waals surface area contributed by atoms with Crippen molar-refractivity contribution in [3.05, 3.63) is 100 Å². The lowest BCUT2D eigenvalue weighted by Gasteiger charge is -2.20. The predicted molar refractivity (Wildman–Crippen MR) is 147 cm³/mol. The Labute approximate surface area is 237 Å². The summed E-state index contributed by atoms with van der Waals surface area (Å²) in [6.45, 7) is -0.808. The van der Waals surface area contributed by atoms with Crippen LogP contribution in [0.2, 0.25) is 0 Å². The molecule has 0 heterocycles. The summed E-state index contributed by atoms with van der Waals surface area (Å²) >= 11 is 0. The number of carbonyl (C=O) groups excluding carboxylic acids is 1. The molecule has 0 bridgehead atoms. The lowest BCUT2D eigenvalue weighted by atomic mass is 9.89. The highest BCUT2D eigenvalue weighted by molar-refractivity contribution is 5.75. The van der Waals surface area contributed by atoms with Crippen LogP contribution in [-0.4, -0.2) is 45.9 Å². The zero-order chi connectivity index (χ0) is 29.7. The molecule has 0 spiro atoms. The smallest absolute Gasteiger partial charge is 0.299 e. The zero-order valence-corrected chi connectivity index (χ0v) is 22.6. The van der Waals surface area contributed by atoms with Crippen molar-refractivity contribution >= 4 is 5.91 Å². The maximum Gasteiger partial charge on any atom is 0.299 e. The van der Waals surface area contributed by atoms with Gasteiger partial charge >= 0.3 is 0 Å². The summed E-state index contributed by atoms with van der Waals surface area (Å²) in [6.07, 6.45) is 5.94. The van der Waals surface area contributed by atoms with E-state index in [4.69, 9.17) is 4.74 Å². The molecule has 4 atom stereocenters. The number of carbonyl (C=O) groups is 1. The quantitative estimate of drug-likeness (QED) is 0.114. The van der Waals surface area contributed by atoms with E-state index in [2.05, 4.69) is 10.2 Å². The number of allylic oxidation sites excluding steroid dienone is 2. The molecular formula is C30H36F2N2O7. The summed E-state index contributed by atoms with van der Waals surface area (Å²) in [4.78, 5) is 27.1. The van der Waals surface area contributed by atoms with E-state index in [0.717, 1.165) is 11.6 Å². The topological polar surface area (TPSA) is 131 Å². The molecule has 1 aliphatic carbocycles. The highest BCUT2D eigenvalue weighted by Crippen LogP contribution is 2.37. The molecule has 1 amide bonds. The zero-order valence-electron chi connectivity index (χ0n) is 22.6. The molecule has 0 unspecified atom stereocenters. The van der Waals surface area contributed by atoms with Crippen LogP contribution < -0.4 is 10.1 Å². The van der Waals surface area contributed by atoms with Gasteiger partial charge in [0.1, 0.15) is 12.4 Å². The highest BCUT2D eigenvalue weighted by atomic mass is 19.3. The second-order valence-electron chi connectivity index (χ2n) is 9.98. The number of aliphatic hydroxyl groups excluding tert-OH is 2. The van der Waals surface area contributed by atoms with Crippen molar-refractivity contribution in [2.45, 2.75) is 63.4 Å². The van der Waals surface area contributed by atoms with Crippen molar-refractivity contribution in [2.75, 3.05) is 6.61 Å². The molecule has 41 heavy (non-hydrogen) atoms. The van der Waals surface area contributed by atoms with Crippen molar-refractivity contribution < 1.29 is 38.4 Å². The van der Waals surface area contributed by atoms with Gasteiger partial charge in [-0.05, 0) is 54.5 Å². The number of alkyl halides is 2. The molecule has 3 N–H and O–H groups in total. The van der Waals surface area contributed by atoms with Gasteiger partial charge in [-0.1, -0.05) is 60.7 Å². The molecule has 0 saturated heterocycles. The molecule has 0 radical (unpaired) electrons. The van der Waals surface area contributed by atoms with Gasteiger partial charge in [-0.25, -0.2) is 0 Å².